The molecule has 2 aliphatic rings. The van der Waals surface area contributed by atoms with E-state index in [0.717, 1.165) is 12.0 Å². The molecule has 0 saturated heterocycles. The molecule has 1 nitrogen and oxygen atoms in total. The topological polar surface area (TPSA) is 17.1 Å². The van der Waals surface area contributed by atoms with Gasteiger partial charge in [0, 0.05) is 11.5 Å². The van der Waals surface area contributed by atoms with Gasteiger partial charge < -0.3 is 0 Å². The van der Waals surface area contributed by atoms with Crippen molar-refractivity contribution in [2.24, 2.45) is 5.92 Å². The molecule has 0 amide bonds. The highest BCUT2D eigenvalue weighted by atomic mass is 16.1. The first-order chi connectivity index (χ1) is 6.77. The van der Waals surface area contributed by atoms with Crippen molar-refractivity contribution >= 4 is 5.78 Å². The zero-order valence-electron chi connectivity index (χ0n) is 8.42. The second-order valence-corrected chi connectivity index (χ2v) is 4.63. The summed E-state index contributed by atoms with van der Waals surface area (Å²) in [6.07, 6.45) is 3.50. The average Bonchev–Trinajstić information content (AvgIpc) is 2.96. The maximum atomic E-state index is 11.9. The summed E-state index contributed by atoms with van der Waals surface area (Å²) < 4.78 is 0. The van der Waals surface area contributed by atoms with Crippen LogP contribution in [0, 0.1) is 5.92 Å². The SMILES string of the molecule is CC1Cc2cccc(C3CC3)c2C1=O. The molecule has 0 bridgehead atoms. The summed E-state index contributed by atoms with van der Waals surface area (Å²) >= 11 is 0. The third kappa shape index (κ3) is 1.05. The van der Waals surface area contributed by atoms with Crippen LogP contribution in [0.15, 0.2) is 18.2 Å². The Hall–Kier alpha value is -1.11. The molecule has 3 rings (SSSR count). The van der Waals surface area contributed by atoms with E-state index in [2.05, 4.69) is 18.2 Å². The summed E-state index contributed by atoms with van der Waals surface area (Å²) in [5.74, 6) is 1.28. The Kier molecular flexibility index (Phi) is 1.58. The molecule has 2 aliphatic carbocycles. The average molecular weight is 186 g/mol. The van der Waals surface area contributed by atoms with Crippen molar-refractivity contribution in [3.63, 3.8) is 0 Å². The van der Waals surface area contributed by atoms with Gasteiger partial charge in [0.15, 0.2) is 5.78 Å². The summed E-state index contributed by atoms with van der Waals surface area (Å²) in [5.41, 5.74) is 3.69. The third-order valence-electron chi connectivity index (χ3n) is 3.42. The van der Waals surface area contributed by atoms with Crippen LogP contribution in [-0.2, 0) is 6.42 Å². The van der Waals surface area contributed by atoms with Crippen molar-refractivity contribution < 1.29 is 4.79 Å². The fraction of sp³-hybridized carbons (Fsp3) is 0.462. The number of rotatable bonds is 1. The predicted octanol–water partition coefficient (Wildman–Crippen LogP) is 2.94. The van der Waals surface area contributed by atoms with Crippen LogP contribution in [0.3, 0.4) is 0 Å². The van der Waals surface area contributed by atoms with Crippen LogP contribution in [0.4, 0.5) is 0 Å². The minimum Gasteiger partial charge on any atom is -0.294 e. The molecule has 0 heterocycles. The van der Waals surface area contributed by atoms with E-state index in [0.29, 0.717) is 11.7 Å². The van der Waals surface area contributed by atoms with Gasteiger partial charge in [-0.25, -0.2) is 0 Å². The molecule has 1 heteroatoms. The number of fused-ring (bicyclic) bond motifs is 1. The summed E-state index contributed by atoms with van der Waals surface area (Å²) in [6, 6.07) is 6.37. The first kappa shape index (κ1) is 8.22. The van der Waals surface area contributed by atoms with E-state index in [1.165, 1.54) is 24.0 Å². The van der Waals surface area contributed by atoms with E-state index in [1.54, 1.807) is 0 Å². The standard InChI is InChI=1S/C13H14O/c1-8-7-10-3-2-4-11(9-5-6-9)12(10)13(8)14/h2-4,8-9H,5-7H2,1H3. The Labute approximate surface area is 84.1 Å². The highest BCUT2D eigenvalue weighted by Gasteiger charge is 2.34. The molecule has 1 fully saturated rings. The lowest BCUT2D eigenvalue weighted by Gasteiger charge is -2.05. The molecule has 0 aromatic heterocycles. The largest absolute Gasteiger partial charge is 0.294 e. The summed E-state index contributed by atoms with van der Waals surface area (Å²) in [4.78, 5) is 11.9. The quantitative estimate of drug-likeness (QED) is 0.659. The van der Waals surface area contributed by atoms with Crippen LogP contribution in [0.25, 0.3) is 0 Å². The van der Waals surface area contributed by atoms with Gasteiger partial charge in [0.2, 0.25) is 0 Å². The number of benzene rings is 1. The van der Waals surface area contributed by atoms with Crippen molar-refractivity contribution in [1.82, 2.24) is 0 Å². The van der Waals surface area contributed by atoms with Crippen LogP contribution < -0.4 is 0 Å². The number of carbonyl (C=O) groups is 1. The van der Waals surface area contributed by atoms with Gasteiger partial charge in [0.05, 0.1) is 0 Å². The van der Waals surface area contributed by atoms with E-state index in [9.17, 15) is 4.79 Å². The van der Waals surface area contributed by atoms with Gasteiger partial charge in [-0.15, -0.1) is 0 Å². The lowest BCUT2D eigenvalue weighted by molar-refractivity contribution is 0.0945. The molecule has 1 aromatic rings. The van der Waals surface area contributed by atoms with Gasteiger partial charge in [-0.2, -0.15) is 0 Å². The van der Waals surface area contributed by atoms with Gasteiger partial charge in [-0.05, 0) is 36.3 Å². The second kappa shape index (κ2) is 2.69. The minimum atomic E-state index is 0.213. The van der Waals surface area contributed by atoms with Crippen LogP contribution in [0.2, 0.25) is 0 Å². The molecule has 0 radical (unpaired) electrons. The molecular formula is C13H14O. The van der Waals surface area contributed by atoms with Gasteiger partial charge in [0.1, 0.15) is 0 Å². The lowest BCUT2D eigenvalue weighted by Crippen LogP contribution is -2.05. The zero-order chi connectivity index (χ0) is 9.71. The van der Waals surface area contributed by atoms with Gasteiger partial charge in [-0.3, -0.25) is 4.79 Å². The molecule has 0 aliphatic heterocycles. The van der Waals surface area contributed by atoms with Crippen LogP contribution in [-0.4, -0.2) is 5.78 Å². The Bertz CT molecular complexity index is 402. The first-order valence-electron chi connectivity index (χ1n) is 5.43. The van der Waals surface area contributed by atoms with Crippen molar-refractivity contribution in [3.05, 3.63) is 34.9 Å². The molecule has 0 N–H and O–H groups in total. The van der Waals surface area contributed by atoms with Crippen LogP contribution in [0.1, 0.15) is 47.2 Å². The fourth-order valence-corrected chi connectivity index (χ4v) is 2.49. The minimum absolute atomic E-state index is 0.213. The molecule has 14 heavy (non-hydrogen) atoms. The molecule has 1 unspecified atom stereocenters. The molecule has 1 saturated carbocycles. The fourth-order valence-electron chi connectivity index (χ4n) is 2.49. The Morgan fingerprint density at radius 3 is 2.79 bits per heavy atom. The first-order valence-corrected chi connectivity index (χ1v) is 5.43. The maximum absolute atomic E-state index is 11.9. The molecular weight excluding hydrogens is 172 g/mol. The second-order valence-electron chi connectivity index (χ2n) is 4.63. The maximum Gasteiger partial charge on any atom is 0.166 e. The number of hydrogen-bond donors (Lipinski definition) is 0. The number of carbonyl (C=O) groups excluding carboxylic acids is 1. The van der Waals surface area contributed by atoms with Crippen molar-refractivity contribution in [1.29, 1.82) is 0 Å². The van der Waals surface area contributed by atoms with Gasteiger partial charge in [0.25, 0.3) is 0 Å². The smallest absolute Gasteiger partial charge is 0.166 e. The summed E-state index contributed by atoms with van der Waals surface area (Å²) in [7, 11) is 0. The third-order valence-corrected chi connectivity index (χ3v) is 3.42. The molecule has 1 atom stereocenters. The van der Waals surface area contributed by atoms with E-state index >= 15 is 0 Å². The molecule has 1 aromatic carbocycles. The van der Waals surface area contributed by atoms with Crippen molar-refractivity contribution in [2.45, 2.75) is 32.1 Å². The van der Waals surface area contributed by atoms with Gasteiger partial charge in [-0.1, -0.05) is 25.1 Å². The van der Waals surface area contributed by atoms with E-state index in [1.807, 2.05) is 6.92 Å². The Morgan fingerprint density at radius 2 is 2.07 bits per heavy atom. The number of ketones is 1. The van der Waals surface area contributed by atoms with E-state index in [4.69, 9.17) is 0 Å². The lowest BCUT2D eigenvalue weighted by atomic mass is 9.99. The summed E-state index contributed by atoms with van der Waals surface area (Å²) in [5, 5.41) is 0. The van der Waals surface area contributed by atoms with E-state index < -0.39 is 0 Å². The monoisotopic (exact) mass is 186 g/mol. The van der Waals surface area contributed by atoms with E-state index in [-0.39, 0.29) is 5.92 Å². The Balaban J connectivity index is 2.16. The number of Topliss-reactive ketones (excluding diaryl/α,β-unsaturated/α-hetero) is 1. The molecule has 0 spiro atoms. The highest BCUT2D eigenvalue weighted by Crippen LogP contribution is 2.44. The number of hydrogen-bond acceptors (Lipinski definition) is 1. The van der Waals surface area contributed by atoms with Crippen LogP contribution in [0.5, 0.6) is 0 Å². The normalized spacial score (nSPS) is 25.2. The van der Waals surface area contributed by atoms with Gasteiger partial charge >= 0.3 is 0 Å². The van der Waals surface area contributed by atoms with Crippen molar-refractivity contribution in [3.8, 4) is 0 Å². The van der Waals surface area contributed by atoms with Crippen molar-refractivity contribution in [2.75, 3.05) is 0 Å². The highest BCUT2D eigenvalue weighted by molar-refractivity contribution is 6.03. The zero-order valence-corrected chi connectivity index (χ0v) is 8.42. The van der Waals surface area contributed by atoms with Crippen LogP contribution >= 0.6 is 0 Å². The predicted molar refractivity (Wildman–Crippen MR) is 55.6 cm³/mol. The Morgan fingerprint density at radius 1 is 1.29 bits per heavy atom. The molecule has 72 valence electrons. The summed E-state index contributed by atoms with van der Waals surface area (Å²) in [6.45, 7) is 2.04.